The number of carbonyl (C=O) groups is 2. The minimum Gasteiger partial charge on any atom is -0.326 e. The number of carbonyl (C=O) groups excluding carboxylic acids is 2. The molecule has 0 spiro atoms. The molecule has 0 radical (unpaired) electrons. The first-order valence-corrected chi connectivity index (χ1v) is 8.63. The normalized spacial score (nSPS) is 18.6. The Morgan fingerprint density at radius 2 is 1.72 bits per heavy atom. The third-order valence-electron chi connectivity index (χ3n) is 4.88. The molecule has 0 saturated heterocycles. The second-order valence-corrected chi connectivity index (χ2v) is 7.04. The first-order valence-electron chi connectivity index (χ1n) is 8.63. The van der Waals surface area contributed by atoms with Gasteiger partial charge in [-0.3, -0.25) is 9.59 Å². The molecule has 1 aliphatic rings. The third-order valence-corrected chi connectivity index (χ3v) is 4.88. The number of amides is 2. The van der Waals surface area contributed by atoms with E-state index in [1.54, 1.807) is 36.2 Å². The van der Waals surface area contributed by atoms with Crippen molar-refractivity contribution in [2.75, 3.05) is 17.3 Å². The Morgan fingerprint density at radius 1 is 1.08 bits per heavy atom. The van der Waals surface area contributed by atoms with E-state index in [4.69, 9.17) is 0 Å². The Kier molecular flexibility index (Phi) is 4.62. The molecule has 130 valence electrons. The smallest absolute Gasteiger partial charge is 0.258 e. The monoisotopic (exact) mass is 336 g/mol. The van der Waals surface area contributed by atoms with Crippen molar-refractivity contribution in [3.63, 3.8) is 0 Å². The molecule has 4 nitrogen and oxygen atoms in total. The lowest BCUT2D eigenvalue weighted by atomic mass is 10.1. The van der Waals surface area contributed by atoms with Gasteiger partial charge in [0.1, 0.15) is 0 Å². The second-order valence-electron chi connectivity index (χ2n) is 7.04. The lowest BCUT2D eigenvalue weighted by molar-refractivity contribution is -0.117. The summed E-state index contributed by atoms with van der Waals surface area (Å²) in [5, 5.41) is 2.91. The maximum atomic E-state index is 12.7. The van der Waals surface area contributed by atoms with Gasteiger partial charge in [-0.05, 0) is 67.6 Å². The number of aryl methyl sites for hydroxylation is 2. The van der Waals surface area contributed by atoms with Crippen LogP contribution in [0, 0.1) is 25.7 Å². The van der Waals surface area contributed by atoms with Crippen molar-refractivity contribution in [1.82, 2.24) is 0 Å². The molecule has 2 unspecified atom stereocenters. The fraction of sp³-hybridized carbons (Fsp3) is 0.333. The molecule has 0 bridgehead atoms. The minimum atomic E-state index is -0.0672. The highest BCUT2D eigenvalue weighted by molar-refractivity contribution is 6.06. The van der Waals surface area contributed by atoms with Crippen LogP contribution >= 0.6 is 0 Å². The van der Waals surface area contributed by atoms with Gasteiger partial charge in [0.15, 0.2) is 0 Å². The molecule has 1 saturated carbocycles. The SMILES string of the molecule is Cc1ccc(C)c(N(C)C(=O)c2ccc(NC(=O)C3CC3C)cc2)c1. The zero-order chi connectivity index (χ0) is 18.1. The molecule has 1 N–H and O–H groups in total. The van der Waals surface area contributed by atoms with Gasteiger partial charge in [0.05, 0.1) is 0 Å². The summed E-state index contributed by atoms with van der Waals surface area (Å²) < 4.78 is 0. The topological polar surface area (TPSA) is 49.4 Å². The van der Waals surface area contributed by atoms with Crippen LogP contribution in [0.5, 0.6) is 0 Å². The Bertz CT molecular complexity index is 811. The molecule has 2 atom stereocenters. The van der Waals surface area contributed by atoms with Gasteiger partial charge in [0.25, 0.3) is 5.91 Å². The molecular formula is C21H24N2O2. The lowest BCUT2D eigenvalue weighted by Gasteiger charge is -2.20. The molecular weight excluding hydrogens is 312 g/mol. The summed E-state index contributed by atoms with van der Waals surface area (Å²) >= 11 is 0. The molecule has 1 aliphatic carbocycles. The van der Waals surface area contributed by atoms with Crippen molar-refractivity contribution in [2.45, 2.75) is 27.2 Å². The molecule has 0 heterocycles. The second kappa shape index (κ2) is 6.71. The molecule has 4 heteroatoms. The summed E-state index contributed by atoms with van der Waals surface area (Å²) in [4.78, 5) is 26.4. The number of nitrogens with zero attached hydrogens (tertiary/aromatic N) is 1. The number of rotatable bonds is 4. The predicted molar refractivity (Wildman–Crippen MR) is 101 cm³/mol. The molecule has 25 heavy (non-hydrogen) atoms. The van der Waals surface area contributed by atoms with Crippen molar-refractivity contribution >= 4 is 23.2 Å². The van der Waals surface area contributed by atoms with Crippen LogP contribution in [0.2, 0.25) is 0 Å². The zero-order valence-electron chi connectivity index (χ0n) is 15.2. The predicted octanol–water partition coefficient (Wildman–Crippen LogP) is 4.17. The summed E-state index contributed by atoms with van der Waals surface area (Å²) in [6.07, 6.45) is 0.961. The highest BCUT2D eigenvalue weighted by Gasteiger charge is 2.39. The summed E-state index contributed by atoms with van der Waals surface area (Å²) in [5.74, 6) is 0.616. The van der Waals surface area contributed by atoms with E-state index in [2.05, 4.69) is 12.2 Å². The van der Waals surface area contributed by atoms with Gasteiger partial charge < -0.3 is 10.2 Å². The Morgan fingerprint density at radius 3 is 2.32 bits per heavy atom. The van der Waals surface area contributed by atoms with Crippen molar-refractivity contribution in [2.24, 2.45) is 11.8 Å². The molecule has 2 aromatic rings. The van der Waals surface area contributed by atoms with Crippen molar-refractivity contribution in [3.8, 4) is 0 Å². The van der Waals surface area contributed by atoms with Crippen LogP contribution < -0.4 is 10.2 Å². The van der Waals surface area contributed by atoms with Gasteiger partial charge in [-0.15, -0.1) is 0 Å². The quantitative estimate of drug-likeness (QED) is 0.911. The van der Waals surface area contributed by atoms with E-state index in [0.717, 1.165) is 28.9 Å². The molecule has 0 aliphatic heterocycles. The van der Waals surface area contributed by atoms with Crippen LogP contribution in [-0.4, -0.2) is 18.9 Å². The zero-order valence-corrected chi connectivity index (χ0v) is 15.2. The number of nitrogens with one attached hydrogen (secondary N) is 1. The van der Waals surface area contributed by atoms with Gasteiger partial charge in [-0.2, -0.15) is 0 Å². The molecule has 1 fully saturated rings. The van der Waals surface area contributed by atoms with E-state index in [0.29, 0.717) is 11.5 Å². The van der Waals surface area contributed by atoms with Crippen LogP contribution in [0.15, 0.2) is 42.5 Å². The van der Waals surface area contributed by atoms with Gasteiger partial charge in [-0.1, -0.05) is 19.1 Å². The minimum absolute atomic E-state index is 0.0672. The van der Waals surface area contributed by atoms with Crippen LogP contribution in [-0.2, 0) is 4.79 Å². The molecule has 3 rings (SSSR count). The summed E-state index contributed by atoms with van der Waals surface area (Å²) in [6, 6.07) is 13.2. The molecule has 2 aromatic carbocycles. The largest absolute Gasteiger partial charge is 0.326 e. The van der Waals surface area contributed by atoms with Crippen LogP contribution in [0.1, 0.15) is 34.8 Å². The van der Waals surface area contributed by atoms with E-state index < -0.39 is 0 Å². The number of hydrogen-bond acceptors (Lipinski definition) is 2. The van der Waals surface area contributed by atoms with Gasteiger partial charge in [0, 0.05) is 29.9 Å². The summed E-state index contributed by atoms with van der Waals surface area (Å²) in [6.45, 7) is 6.09. The van der Waals surface area contributed by atoms with E-state index in [1.807, 2.05) is 32.0 Å². The average Bonchev–Trinajstić information content (AvgIpc) is 3.33. The Balaban J connectivity index is 1.71. The van der Waals surface area contributed by atoms with Gasteiger partial charge in [-0.25, -0.2) is 0 Å². The Hall–Kier alpha value is -2.62. The van der Waals surface area contributed by atoms with Crippen molar-refractivity contribution in [3.05, 3.63) is 59.2 Å². The summed E-state index contributed by atoms with van der Waals surface area (Å²) in [5.41, 5.74) is 4.41. The fourth-order valence-corrected chi connectivity index (χ4v) is 3.00. The number of hydrogen-bond donors (Lipinski definition) is 1. The van der Waals surface area contributed by atoms with E-state index in [9.17, 15) is 9.59 Å². The van der Waals surface area contributed by atoms with Crippen LogP contribution in [0.4, 0.5) is 11.4 Å². The van der Waals surface area contributed by atoms with Gasteiger partial charge in [0.2, 0.25) is 5.91 Å². The highest BCUT2D eigenvalue weighted by Crippen LogP contribution is 2.38. The number of anilines is 2. The highest BCUT2D eigenvalue weighted by atomic mass is 16.2. The standard InChI is InChI=1S/C21H24N2O2/c1-13-5-6-14(2)19(11-13)23(4)21(25)16-7-9-17(10-8-16)22-20(24)18-12-15(18)3/h5-11,15,18H,12H2,1-4H3,(H,22,24). The fourth-order valence-electron chi connectivity index (χ4n) is 3.00. The maximum absolute atomic E-state index is 12.7. The maximum Gasteiger partial charge on any atom is 0.258 e. The Labute approximate surface area is 148 Å². The third kappa shape index (κ3) is 3.73. The van der Waals surface area contributed by atoms with E-state index >= 15 is 0 Å². The first-order chi connectivity index (χ1) is 11.9. The van der Waals surface area contributed by atoms with Crippen molar-refractivity contribution in [1.29, 1.82) is 0 Å². The van der Waals surface area contributed by atoms with Crippen molar-refractivity contribution < 1.29 is 9.59 Å². The first kappa shape index (κ1) is 17.2. The van der Waals surface area contributed by atoms with Crippen LogP contribution in [0.3, 0.4) is 0 Å². The van der Waals surface area contributed by atoms with E-state index in [-0.39, 0.29) is 17.7 Å². The van der Waals surface area contributed by atoms with Gasteiger partial charge >= 0.3 is 0 Å². The summed E-state index contributed by atoms with van der Waals surface area (Å²) in [7, 11) is 1.79. The van der Waals surface area contributed by atoms with E-state index in [1.165, 1.54) is 0 Å². The molecule has 0 aromatic heterocycles. The molecule has 2 amide bonds. The average molecular weight is 336 g/mol. The lowest BCUT2D eigenvalue weighted by Crippen LogP contribution is -2.27. The number of benzene rings is 2. The van der Waals surface area contributed by atoms with Crippen LogP contribution in [0.25, 0.3) is 0 Å².